The number of rotatable bonds is 8. The molecule has 0 aromatic rings. The minimum Gasteiger partial charge on any atom is -0.464 e. The van der Waals surface area contributed by atoms with E-state index < -0.39 is 5.41 Å². The van der Waals surface area contributed by atoms with Gasteiger partial charge in [0.1, 0.15) is 6.61 Å². The van der Waals surface area contributed by atoms with Gasteiger partial charge in [-0.15, -0.1) is 0 Å². The summed E-state index contributed by atoms with van der Waals surface area (Å²) >= 11 is 4.45. The van der Waals surface area contributed by atoms with Crippen LogP contribution in [0.4, 0.5) is 0 Å². The van der Waals surface area contributed by atoms with Crippen LogP contribution in [-0.2, 0) is 9.53 Å². The second-order valence-corrected chi connectivity index (χ2v) is 6.44. The summed E-state index contributed by atoms with van der Waals surface area (Å²) in [7, 11) is 0. The molecule has 0 heterocycles. The molecule has 0 radical (unpaired) electrons. The van der Waals surface area contributed by atoms with Gasteiger partial charge in [-0.3, -0.25) is 4.79 Å². The quantitative estimate of drug-likeness (QED) is 0.401. The van der Waals surface area contributed by atoms with Crippen molar-refractivity contribution in [3.63, 3.8) is 0 Å². The third kappa shape index (κ3) is 9.51. The SMILES string of the molecule is CCCCCCCC(S)COC(=O)C(C)(C)C. The summed E-state index contributed by atoms with van der Waals surface area (Å²) < 4.78 is 5.23. The topological polar surface area (TPSA) is 26.3 Å². The number of carbonyl (C=O) groups excluding carboxylic acids is 1. The Labute approximate surface area is 112 Å². The summed E-state index contributed by atoms with van der Waals surface area (Å²) in [6.45, 7) is 8.26. The Bertz CT molecular complexity index is 209. The molecule has 1 atom stereocenters. The number of unbranched alkanes of at least 4 members (excludes halogenated alkanes) is 4. The molecule has 0 aliphatic heterocycles. The molecule has 0 aromatic heterocycles. The minimum absolute atomic E-state index is 0.137. The maximum absolute atomic E-state index is 11.5. The fourth-order valence-electron chi connectivity index (χ4n) is 1.46. The molecule has 1 unspecified atom stereocenters. The predicted molar refractivity (Wildman–Crippen MR) is 76.6 cm³/mol. The van der Waals surface area contributed by atoms with Gasteiger partial charge in [0.15, 0.2) is 0 Å². The van der Waals surface area contributed by atoms with Crippen molar-refractivity contribution in [1.82, 2.24) is 0 Å². The Morgan fingerprint density at radius 3 is 2.29 bits per heavy atom. The van der Waals surface area contributed by atoms with Crippen molar-refractivity contribution in [3.05, 3.63) is 0 Å². The first-order valence-electron chi connectivity index (χ1n) is 6.73. The van der Waals surface area contributed by atoms with E-state index in [-0.39, 0.29) is 11.2 Å². The normalized spacial score (nSPS) is 13.5. The molecule has 0 bridgehead atoms. The van der Waals surface area contributed by atoms with Gasteiger partial charge >= 0.3 is 5.97 Å². The van der Waals surface area contributed by atoms with Gasteiger partial charge in [-0.2, -0.15) is 12.6 Å². The minimum atomic E-state index is -0.408. The monoisotopic (exact) mass is 260 g/mol. The van der Waals surface area contributed by atoms with E-state index in [0.29, 0.717) is 6.61 Å². The van der Waals surface area contributed by atoms with Crippen LogP contribution in [-0.4, -0.2) is 17.8 Å². The van der Waals surface area contributed by atoms with Crippen LogP contribution in [0.5, 0.6) is 0 Å². The molecule has 0 N–H and O–H groups in total. The van der Waals surface area contributed by atoms with E-state index in [1.165, 1.54) is 32.1 Å². The van der Waals surface area contributed by atoms with E-state index in [1.54, 1.807) is 0 Å². The summed E-state index contributed by atoms with van der Waals surface area (Å²) in [5, 5.41) is 0.183. The third-order valence-electron chi connectivity index (χ3n) is 2.66. The van der Waals surface area contributed by atoms with Gasteiger partial charge < -0.3 is 4.74 Å². The maximum atomic E-state index is 11.5. The molecule has 0 saturated heterocycles. The average molecular weight is 260 g/mol. The van der Waals surface area contributed by atoms with Crippen LogP contribution >= 0.6 is 12.6 Å². The number of thiol groups is 1. The van der Waals surface area contributed by atoms with E-state index >= 15 is 0 Å². The molecular weight excluding hydrogens is 232 g/mol. The lowest BCUT2D eigenvalue weighted by Gasteiger charge is -2.18. The molecular formula is C14H28O2S. The van der Waals surface area contributed by atoms with Crippen molar-refractivity contribution in [2.75, 3.05) is 6.61 Å². The zero-order chi connectivity index (χ0) is 13.3. The zero-order valence-corrected chi connectivity index (χ0v) is 12.7. The summed E-state index contributed by atoms with van der Waals surface area (Å²) in [6, 6.07) is 0. The van der Waals surface area contributed by atoms with E-state index in [9.17, 15) is 4.79 Å². The highest BCUT2D eigenvalue weighted by molar-refractivity contribution is 7.81. The van der Waals surface area contributed by atoms with Gasteiger partial charge in [-0.05, 0) is 27.2 Å². The van der Waals surface area contributed by atoms with Crippen LogP contribution in [0, 0.1) is 5.41 Å². The zero-order valence-electron chi connectivity index (χ0n) is 11.8. The van der Waals surface area contributed by atoms with Crippen molar-refractivity contribution in [3.8, 4) is 0 Å². The summed E-state index contributed by atoms with van der Waals surface area (Å²) in [5.74, 6) is -0.137. The Morgan fingerprint density at radius 2 is 1.76 bits per heavy atom. The first-order valence-corrected chi connectivity index (χ1v) is 7.25. The smallest absolute Gasteiger partial charge is 0.311 e. The average Bonchev–Trinajstić information content (AvgIpc) is 2.24. The number of esters is 1. The number of ether oxygens (including phenoxy) is 1. The Hall–Kier alpha value is -0.180. The van der Waals surface area contributed by atoms with E-state index in [1.807, 2.05) is 20.8 Å². The number of carbonyl (C=O) groups is 1. The van der Waals surface area contributed by atoms with Crippen molar-refractivity contribution in [2.45, 2.75) is 71.5 Å². The molecule has 0 fully saturated rings. The molecule has 0 aromatic carbocycles. The van der Waals surface area contributed by atoms with Gasteiger partial charge in [0.2, 0.25) is 0 Å². The van der Waals surface area contributed by atoms with E-state index in [0.717, 1.165) is 6.42 Å². The largest absolute Gasteiger partial charge is 0.464 e. The second kappa shape index (κ2) is 8.84. The Balaban J connectivity index is 3.53. The van der Waals surface area contributed by atoms with Gasteiger partial charge in [0, 0.05) is 5.25 Å². The summed E-state index contributed by atoms with van der Waals surface area (Å²) in [6.07, 6.45) is 7.37. The lowest BCUT2D eigenvalue weighted by atomic mass is 9.97. The summed E-state index contributed by atoms with van der Waals surface area (Å²) in [5.41, 5.74) is -0.408. The van der Waals surface area contributed by atoms with Crippen molar-refractivity contribution >= 4 is 18.6 Å². The summed E-state index contributed by atoms with van der Waals surface area (Å²) in [4.78, 5) is 11.5. The van der Waals surface area contributed by atoms with Gasteiger partial charge in [-0.1, -0.05) is 39.0 Å². The molecule has 3 heteroatoms. The van der Waals surface area contributed by atoms with Crippen LogP contribution in [0.3, 0.4) is 0 Å². The fraction of sp³-hybridized carbons (Fsp3) is 0.929. The molecule has 0 aliphatic rings. The van der Waals surface area contributed by atoms with Crippen molar-refractivity contribution < 1.29 is 9.53 Å². The highest BCUT2D eigenvalue weighted by Gasteiger charge is 2.23. The first kappa shape index (κ1) is 16.8. The maximum Gasteiger partial charge on any atom is 0.311 e. The highest BCUT2D eigenvalue weighted by atomic mass is 32.1. The molecule has 17 heavy (non-hydrogen) atoms. The lowest BCUT2D eigenvalue weighted by molar-refractivity contribution is -0.152. The molecule has 102 valence electrons. The van der Waals surface area contributed by atoms with Gasteiger partial charge in [0.05, 0.1) is 5.41 Å². The molecule has 0 rings (SSSR count). The van der Waals surface area contributed by atoms with Crippen LogP contribution in [0.25, 0.3) is 0 Å². The van der Waals surface area contributed by atoms with Crippen LogP contribution in [0.15, 0.2) is 0 Å². The second-order valence-electron chi connectivity index (χ2n) is 5.71. The molecule has 0 saturated carbocycles. The van der Waals surface area contributed by atoms with Crippen LogP contribution < -0.4 is 0 Å². The predicted octanol–water partition coefficient (Wildman–Crippen LogP) is 4.23. The van der Waals surface area contributed by atoms with Crippen molar-refractivity contribution in [1.29, 1.82) is 0 Å². The van der Waals surface area contributed by atoms with Gasteiger partial charge in [-0.25, -0.2) is 0 Å². The van der Waals surface area contributed by atoms with E-state index in [2.05, 4.69) is 19.6 Å². The molecule has 2 nitrogen and oxygen atoms in total. The van der Waals surface area contributed by atoms with Crippen molar-refractivity contribution in [2.24, 2.45) is 5.41 Å². The first-order chi connectivity index (χ1) is 7.88. The Kier molecular flexibility index (Phi) is 8.75. The lowest BCUT2D eigenvalue weighted by Crippen LogP contribution is -2.25. The highest BCUT2D eigenvalue weighted by Crippen LogP contribution is 2.17. The number of hydrogen-bond acceptors (Lipinski definition) is 3. The standard InChI is InChI=1S/C14H28O2S/c1-5-6-7-8-9-10-12(17)11-16-13(15)14(2,3)4/h12,17H,5-11H2,1-4H3. The van der Waals surface area contributed by atoms with Crippen LogP contribution in [0.2, 0.25) is 0 Å². The molecule has 0 amide bonds. The fourth-order valence-corrected chi connectivity index (χ4v) is 1.71. The van der Waals surface area contributed by atoms with Crippen LogP contribution in [0.1, 0.15) is 66.2 Å². The van der Waals surface area contributed by atoms with Gasteiger partial charge in [0.25, 0.3) is 0 Å². The van der Waals surface area contributed by atoms with E-state index in [4.69, 9.17) is 4.74 Å². The molecule has 0 spiro atoms. The number of hydrogen-bond donors (Lipinski definition) is 1. The Morgan fingerprint density at radius 1 is 1.18 bits per heavy atom. The molecule has 0 aliphatic carbocycles. The third-order valence-corrected chi connectivity index (χ3v) is 3.07.